The van der Waals surface area contributed by atoms with Crippen LogP contribution in [0.15, 0.2) is 12.1 Å². The molecule has 4 N–H and O–H groups in total. The molecular weight excluding hydrogens is 165 g/mol. The minimum atomic E-state index is -1.08. The van der Waals surface area contributed by atoms with Gasteiger partial charge >= 0.3 is 0 Å². The number of carbonyl (C=O) groups is 1. The molecule has 0 fully saturated rings. The number of amides is 1. The Bertz CT molecular complexity index is 314. The quantitative estimate of drug-likeness (QED) is 0.532. The highest BCUT2D eigenvalue weighted by atomic mass is 19.1. The molecule has 0 heterocycles. The topological polar surface area (TPSA) is 83.6 Å². The minimum Gasteiger partial charge on any atom is -0.504 e. The van der Waals surface area contributed by atoms with Gasteiger partial charge in [-0.05, 0) is 12.1 Å². The predicted molar refractivity (Wildman–Crippen MR) is 38.2 cm³/mol. The van der Waals surface area contributed by atoms with Crippen LogP contribution in [-0.4, -0.2) is 16.1 Å². The Morgan fingerprint density at radius 3 is 2.42 bits per heavy atom. The van der Waals surface area contributed by atoms with E-state index in [0.717, 1.165) is 12.1 Å². The van der Waals surface area contributed by atoms with Crippen LogP contribution in [0.5, 0.6) is 11.5 Å². The van der Waals surface area contributed by atoms with Gasteiger partial charge in [0.1, 0.15) is 0 Å². The molecule has 0 saturated carbocycles. The van der Waals surface area contributed by atoms with E-state index in [4.69, 9.17) is 15.9 Å². The summed E-state index contributed by atoms with van der Waals surface area (Å²) in [6.07, 6.45) is 0. The summed E-state index contributed by atoms with van der Waals surface area (Å²) < 4.78 is 12.6. The van der Waals surface area contributed by atoms with Crippen LogP contribution in [0.25, 0.3) is 0 Å². The molecule has 0 unspecified atom stereocenters. The van der Waals surface area contributed by atoms with E-state index in [1.54, 1.807) is 0 Å². The zero-order valence-corrected chi connectivity index (χ0v) is 5.91. The SMILES string of the molecule is NC(=O)c1cc(O)c(O)c(F)c1. The van der Waals surface area contributed by atoms with Crippen molar-refractivity contribution in [2.75, 3.05) is 0 Å². The second-order valence-electron chi connectivity index (χ2n) is 2.19. The van der Waals surface area contributed by atoms with Crippen molar-refractivity contribution in [1.29, 1.82) is 0 Å². The lowest BCUT2D eigenvalue weighted by Crippen LogP contribution is -2.10. The van der Waals surface area contributed by atoms with Crippen LogP contribution >= 0.6 is 0 Å². The Balaban J connectivity index is 3.31. The van der Waals surface area contributed by atoms with Crippen molar-refractivity contribution < 1.29 is 19.4 Å². The van der Waals surface area contributed by atoms with Gasteiger partial charge in [-0.25, -0.2) is 4.39 Å². The van der Waals surface area contributed by atoms with Gasteiger partial charge in [-0.3, -0.25) is 4.79 Å². The first-order chi connectivity index (χ1) is 5.52. The number of carbonyl (C=O) groups excluding carboxylic acids is 1. The van der Waals surface area contributed by atoms with E-state index in [-0.39, 0.29) is 5.56 Å². The molecule has 0 aliphatic rings. The van der Waals surface area contributed by atoms with Crippen LogP contribution in [0.3, 0.4) is 0 Å². The molecular formula is C7H6FNO3. The van der Waals surface area contributed by atoms with Crippen molar-refractivity contribution in [2.24, 2.45) is 5.73 Å². The van der Waals surface area contributed by atoms with Crippen molar-refractivity contribution in [3.8, 4) is 11.5 Å². The summed E-state index contributed by atoms with van der Waals surface area (Å²) >= 11 is 0. The molecule has 0 bridgehead atoms. The number of halogens is 1. The smallest absolute Gasteiger partial charge is 0.248 e. The van der Waals surface area contributed by atoms with E-state index in [2.05, 4.69) is 0 Å². The number of nitrogens with two attached hydrogens (primary N) is 1. The molecule has 0 saturated heterocycles. The Labute approximate surface area is 67.1 Å². The molecule has 0 aliphatic carbocycles. The van der Waals surface area contributed by atoms with E-state index < -0.39 is 23.2 Å². The highest BCUT2D eigenvalue weighted by Gasteiger charge is 2.11. The van der Waals surface area contributed by atoms with Crippen molar-refractivity contribution in [3.63, 3.8) is 0 Å². The van der Waals surface area contributed by atoms with Crippen molar-refractivity contribution in [2.45, 2.75) is 0 Å². The lowest BCUT2D eigenvalue weighted by atomic mass is 10.2. The van der Waals surface area contributed by atoms with E-state index in [0.29, 0.717) is 0 Å². The van der Waals surface area contributed by atoms with E-state index >= 15 is 0 Å². The van der Waals surface area contributed by atoms with Crippen molar-refractivity contribution >= 4 is 5.91 Å². The lowest BCUT2D eigenvalue weighted by Gasteiger charge is -2.00. The minimum absolute atomic E-state index is 0.192. The number of hydrogen-bond acceptors (Lipinski definition) is 3. The number of hydrogen-bond donors (Lipinski definition) is 3. The molecule has 12 heavy (non-hydrogen) atoms. The van der Waals surface area contributed by atoms with E-state index in [9.17, 15) is 9.18 Å². The molecule has 1 aromatic rings. The van der Waals surface area contributed by atoms with Crippen LogP contribution < -0.4 is 5.73 Å². The van der Waals surface area contributed by atoms with Gasteiger partial charge < -0.3 is 15.9 Å². The highest BCUT2D eigenvalue weighted by Crippen LogP contribution is 2.28. The average molecular weight is 171 g/mol. The molecule has 4 nitrogen and oxygen atoms in total. The Hall–Kier alpha value is -1.78. The van der Waals surface area contributed by atoms with E-state index in [1.807, 2.05) is 0 Å². The molecule has 5 heteroatoms. The molecule has 0 radical (unpaired) electrons. The van der Waals surface area contributed by atoms with Gasteiger partial charge in [0.2, 0.25) is 5.91 Å². The Morgan fingerprint density at radius 1 is 1.42 bits per heavy atom. The lowest BCUT2D eigenvalue weighted by molar-refractivity contribution is 0.0999. The molecule has 1 amide bonds. The van der Waals surface area contributed by atoms with Gasteiger partial charge in [-0.2, -0.15) is 0 Å². The first kappa shape index (κ1) is 8.32. The molecule has 64 valence electrons. The second-order valence-corrected chi connectivity index (χ2v) is 2.19. The fraction of sp³-hybridized carbons (Fsp3) is 0. The molecule has 1 aromatic carbocycles. The number of phenols is 2. The Morgan fingerprint density at radius 2 is 2.00 bits per heavy atom. The van der Waals surface area contributed by atoms with Crippen molar-refractivity contribution in [1.82, 2.24) is 0 Å². The van der Waals surface area contributed by atoms with Crippen LogP contribution in [0.2, 0.25) is 0 Å². The summed E-state index contributed by atoms with van der Waals surface area (Å²) in [5.74, 6) is -3.54. The van der Waals surface area contributed by atoms with Gasteiger partial charge in [0.15, 0.2) is 17.3 Å². The number of primary amides is 1. The molecule has 1 rings (SSSR count). The van der Waals surface area contributed by atoms with E-state index in [1.165, 1.54) is 0 Å². The third kappa shape index (κ3) is 1.29. The largest absolute Gasteiger partial charge is 0.504 e. The summed E-state index contributed by atoms with van der Waals surface area (Å²) in [7, 11) is 0. The zero-order chi connectivity index (χ0) is 9.30. The number of benzene rings is 1. The zero-order valence-electron chi connectivity index (χ0n) is 5.91. The monoisotopic (exact) mass is 171 g/mol. The van der Waals surface area contributed by atoms with Crippen LogP contribution in [0, 0.1) is 5.82 Å². The molecule has 0 aromatic heterocycles. The fourth-order valence-electron chi connectivity index (χ4n) is 0.727. The highest BCUT2D eigenvalue weighted by molar-refractivity contribution is 5.93. The van der Waals surface area contributed by atoms with Crippen LogP contribution in [-0.2, 0) is 0 Å². The van der Waals surface area contributed by atoms with Gasteiger partial charge in [-0.15, -0.1) is 0 Å². The van der Waals surface area contributed by atoms with Crippen molar-refractivity contribution in [3.05, 3.63) is 23.5 Å². The third-order valence-corrected chi connectivity index (χ3v) is 1.33. The van der Waals surface area contributed by atoms with Gasteiger partial charge in [0.05, 0.1) is 0 Å². The second kappa shape index (κ2) is 2.69. The first-order valence-electron chi connectivity index (χ1n) is 3.03. The van der Waals surface area contributed by atoms with Gasteiger partial charge in [-0.1, -0.05) is 0 Å². The maximum atomic E-state index is 12.6. The number of aromatic hydroxyl groups is 2. The van der Waals surface area contributed by atoms with Crippen LogP contribution in [0.4, 0.5) is 4.39 Å². The molecule has 0 atom stereocenters. The maximum absolute atomic E-state index is 12.6. The Kier molecular flexibility index (Phi) is 1.86. The number of rotatable bonds is 1. The normalized spacial score (nSPS) is 9.75. The summed E-state index contributed by atoms with van der Waals surface area (Å²) in [6.45, 7) is 0. The van der Waals surface area contributed by atoms with Crippen LogP contribution in [0.1, 0.15) is 10.4 Å². The third-order valence-electron chi connectivity index (χ3n) is 1.33. The summed E-state index contributed by atoms with van der Waals surface area (Å²) in [5.41, 5.74) is 4.61. The number of phenolic OH excluding ortho intramolecular Hbond substituents is 2. The first-order valence-corrected chi connectivity index (χ1v) is 3.03. The predicted octanol–water partition coefficient (Wildman–Crippen LogP) is 0.336. The fourth-order valence-corrected chi connectivity index (χ4v) is 0.727. The standard InChI is InChI=1S/C7H6FNO3/c8-4-1-3(7(9)12)2-5(10)6(4)11/h1-2,10-11H,(H2,9,12). The molecule has 0 aliphatic heterocycles. The summed E-state index contributed by atoms with van der Waals surface area (Å²) in [5, 5.41) is 17.6. The van der Waals surface area contributed by atoms with Gasteiger partial charge in [0.25, 0.3) is 0 Å². The summed E-state index contributed by atoms with van der Waals surface area (Å²) in [4.78, 5) is 10.5. The summed E-state index contributed by atoms with van der Waals surface area (Å²) in [6, 6.07) is 1.64. The molecule has 0 spiro atoms. The maximum Gasteiger partial charge on any atom is 0.248 e. The average Bonchev–Trinajstić information content (AvgIpc) is 1.99. The van der Waals surface area contributed by atoms with Gasteiger partial charge in [0, 0.05) is 5.56 Å².